The summed E-state index contributed by atoms with van der Waals surface area (Å²) in [5.74, 6) is -0.784. The molecule has 0 fully saturated rings. The third kappa shape index (κ3) is 3.14. The Balaban J connectivity index is 2.94. The van der Waals surface area contributed by atoms with Gasteiger partial charge in [-0.2, -0.15) is 0 Å². The lowest BCUT2D eigenvalue weighted by atomic mass is 10.2. The average molecular weight is 214 g/mol. The molecule has 0 atom stereocenters. The number of rotatable bonds is 2. The minimum atomic E-state index is -1.43. The summed E-state index contributed by atoms with van der Waals surface area (Å²) in [6.45, 7) is 0. The van der Waals surface area contributed by atoms with E-state index in [-0.39, 0.29) is 11.4 Å². The van der Waals surface area contributed by atoms with Crippen molar-refractivity contribution in [3.8, 4) is 0 Å². The lowest BCUT2D eigenvalue weighted by Crippen LogP contribution is -2.11. The molecule has 1 rings (SSSR count). The monoisotopic (exact) mass is 214 g/mol. The molecule has 0 bridgehead atoms. The number of carbonyl (C=O) groups is 2. The molecule has 0 unspecified atom stereocenters. The smallest absolute Gasteiger partial charge is 0.409 e. The molecule has 0 aliphatic rings. The highest BCUT2D eigenvalue weighted by Gasteiger charge is 2.07. The van der Waals surface area contributed by atoms with Crippen LogP contribution in [-0.4, -0.2) is 22.4 Å². The van der Waals surface area contributed by atoms with Gasteiger partial charge in [-0.1, -0.05) is 0 Å². The van der Waals surface area contributed by atoms with Crippen molar-refractivity contribution in [3.63, 3.8) is 0 Å². The Bertz CT molecular complexity index is 408. The molecule has 0 aliphatic heterocycles. The van der Waals surface area contributed by atoms with E-state index < -0.39 is 18.0 Å². The Hall–Kier alpha value is -2.31. The third-order valence-electron chi connectivity index (χ3n) is 1.46. The van der Waals surface area contributed by atoms with Gasteiger partial charge in [0, 0.05) is 5.69 Å². The second-order valence-corrected chi connectivity index (χ2v) is 2.55. The summed E-state index contributed by atoms with van der Waals surface area (Å²) in [5.41, 5.74) is -0.235. The van der Waals surface area contributed by atoms with Gasteiger partial charge in [0.05, 0.1) is 5.69 Å². The fraction of sp³-hybridized carbons (Fsp3) is 0. The predicted molar refractivity (Wildman–Crippen MR) is 49.7 cm³/mol. The first-order chi connectivity index (χ1) is 6.99. The molecule has 0 saturated carbocycles. The topological polar surface area (TPSA) is 98.7 Å². The summed E-state index contributed by atoms with van der Waals surface area (Å²) in [6.07, 6.45) is -2.75. The van der Waals surface area contributed by atoms with Gasteiger partial charge in [-0.3, -0.25) is 10.6 Å². The Kier molecular flexibility index (Phi) is 3.06. The van der Waals surface area contributed by atoms with Crippen molar-refractivity contribution >= 4 is 23.6 Å². The second kappa shape index (κ2) is 4.27. The van der Waals surface area contributed by atoms with Crippen molar-refractivity contribution in [1.29, 1.82) is 0 Å². The second-order valence-electron chi connectivity index (χ2n) is 2.55. The largest absolute Gasteiger partial charge is 0.465 e. The highest BCUT2D eigenvalue weighted by atomic mass is 19.1. The van der Waals surface area contributed by atoms with E-state index in [1.165, 1.54) is 6.07 Å². The molecule has 0 saturated heterocycles. The minimum Gasteiger partial charge on any atom is -0.465 e. The summed E-state index contributed by atoms with van der Waals surface area (Å²) < 4.78 is 13.0. The third-order valence-corrected chi connectivity index (χ3v) is 1.46. The van der Waals surface area contributed by atoms with E-state index >= 15 is 0 Å². The molecule has 0 aromatic heterocycles. The van der Waals surface area contributed by atoms with Gasteiger partial charge < -0.3 is 10.2 Å². The standard InChI is InChI=1S/C8H7FN2O4/c9-5-2-1-4(10-7(12)13)3-6(5)11-8(14)15/h1-3,10-11H,(H,12,13)(H,14,15). The molecule has 6 nitrogen and oxygen atoms in total. The normalized spacial score (nSPS) is 9.40. The maximum atomic E-state index is 13.0. The van der Waals surface area contributed by atoms with Crippen molar-refractivity contribution in [3.05, 3.63) is 24.0 Å². The number of carboxylic acid groups (broad SMARTS) is 2. The van der Waals surface area contributed by atoms with E-state index in [1.54, 1.807) is 5.32 Å². The fourth-order valence-electron chi connectivity index (χ4n) is 0.938. The molecule has 7 heteroatoms. The number of nitrogens with one attached hydrogen (secondary N) is 2. The molecule has 0 aliphatic carbocycles. The zero-order chi connectivity index (χ0) is 11.4. The van der Waals surface area contributed by atoms with Crippen molar-refractivity contribution < 1.29 is 24.2 Å². The van der Waals surface area contributed by atoms with E-state index in [0.717, 1.165) is 12.1 Å². The van der Waals surface area contributed by atoms with Gasteiger partial charge in [0.1, 0.15) is 5.82 Å². The van der Waals surface area contributed by atoms with Crippen LogP contribution in [0.15, 0.2) is 18.2 Å². The number of anilines is 2. The van der Waals surface area contributed by atoms with Crippen LogP contribution in [0, 0.1) is 5.82 Å². The van der Waals surface area contributed by atoms with Crippen LogP contribution in [0.1, 0.15) is 0 Å². The summed E-state index contributed by atoms with van der Waals surface area (Å²) >= 11 is 0. The minimum absolute atomic E-state index is 0.0765. The van der Waals surface area contributed by atoms with Crippen LogP contribution in [0.4, 0.5) is 25.4 Å². The van der Waals surface area contributed by atoms with Gasteiger partial charge >= 0.3 is 12.2 Å². The van der Waals surface area contributed by atoms with Crippen LogP contribution in [-0.2, 0) is 0 Å². The van der Waals surface area contributed by atoms with Crippen LogP contribution >= 0.6 is 0 Å². The van der Waals surface area contributed by atoms with Crippen molar-refractivity contribution in [2.75, 3.05) is 10.6 Å². The number of benzene rings is 1. The average Bonchev–Trinajstić information content (AvgIpc) is 2.09. The van der Waals surface area contributed by atoms with E-state index in [1.807, 2.05) is 5.32 Å². The molecule has 4 N–H and O–H groups in total. The Morgan fingerprint density at radius 1 is 1.13 bits per heavy atom. The predicted octanol–water partition coefficient (Wildman–Crippen LogP) is 2.01. The van der Waals surface area contributed by atoms with Crippen LogP contribution in [0.3, 0.4) is 0 Å². The van der Waals surface area contributed by atoms with Crippen molar-refractivity contribution in [2.45, 2.75) is 0 Å². The SMILES string of the molecule is O=C(O)Nc1ccc(F)c(NC(=O)O)c1. The van der Waals surface area contributed by atoms with Crippen molar-refractivity contribution in [1.82, 2.24) is 0 Å². The van der Waals surface area contributed by atoms with Gasteiger partial charge in [-0.25, -0.2) is 14.0 Å². The molecule has 1 aromatic rings. The van der Waals surface area contributed by atoms with Crippen molar-refractivity contribution in [2.24, 2.45) is 0 Å². The molecule has 15 heavy (non-hydrogen) atoms. The zero-order valence-corrected chi connectivity index (χ0v) is 7.32. The first-order valence-corrected chi connectivity index (χ1v) is 3.78. The van der Waals surface area contributed by atoms with E-state index in [4.69, 9.17) is 10.2 Å². The molecule has 0 radical (unpaired) electrons. The van der Waals surface area contributed by atoms with E-state index in [9.17, 15) is 14.0 Å². The first kappa shape index (κ1) is 10.8. The van der Waals surface area contributed by atoms with Gasteiger partial charge in [-0.05, 0) is 18.2 Å². The molecular weight excluding hydrogens is 207 g/mol. The Morgan fingerprint density at radius 3 is 2.27 bits per heavy atom. The summed E-state index contributed by atoms with van der Waals surface area (Å²) in [5, 5.41) is 20.5. The van der Waals surface area contributed by atoms with Gasteiger partial charge in [0.15, 0.2) is 0 Å². The zero-order valence-electron chi connectivity index (χ0n) is 7.32. The van der Waals surface area contributed by atoms with Crippen LogP contribution in [0.2, 0.25) is 0 Å². The van der Waals surface area contributed by atoms with Gasteiger partial charge in [-0.15, -0.1) is 0 Å². The summed E-state index contributed by atoms with van der Waals surface area (Å²) in [7, 11) is 0. The number of halogens is 1. The maximum absolute atomic E-state index is 13.0. The Labute approximate surface area is 83.3 Å². The highest BCUT2D eigenvalue weighted by Crippen LogP contribution is 2.19. The lowest BCUT2D eigenvalue weighted by Gasteiger charge is -2.05. The van der Waals surface area contributed by atoms with E-state index in [2.05, 4.69) is 0 Å². The van der Waals surface area contributed by atoms with Crippen LogP contribution in [0.25, 0.3) is 0 Å². The first-order valence-electron chi connectivity index (χ1n) is 3.78. The maximum Gasteiger partial charge on any atom is 0.409 e. The van der Waals surface area contributed by atoms with E-state index in [0.29, 0.717) is 0 Å². The fourth-order valence-corrected chi connectivity index (χ4v) is 0.938. The molecule has 1 aromatic carbocycles. The van der Waals surface area contributed by atoms with Crippen LogP contribution in [0.5, 0.6) is 0 Å². The summed E-state index contributed by atoms with van der Waals surface area (Å²) in [4.78, 5) is 20.5. The number of hydrogen-bond acceptors (Lipinski definition) is 2. The molecule has 0 heterocycles. The number of amides is 2. The number of hydrogen-bond donors (Lipinski definition) is 4. The van der Waals surface area contributed by atoms with Gasteiger partial charge in [0.2, 0.25) is 0 Å². The lowest BCUT2D eigenvalue weighted by molar-refractivity contribution is 0.208. The highest BCUT2D eigenvalue weighted by molar-refractivity contribution is 5.87. The quantitative estimate of drug-likeness (QED) is 0.605. The molecule has 2 amide bonds. The molecule has 0 spiro atoms. The molecular formula is C8H7FN2O4. The van der Waals surface area contributed by atoms with Gasteiger partial charge in [0.25, 0.3) is 0 Å². The summed E-state index contributed by atoms with van der Waals surface area (Å²) in [6, 6.07) is 3.17. The van der Waals surface area contributed by atoms with Crippen LogP contribution < -0.4 is 10.6 Å². The Morgan fingerprint density at radius 2 is 1.73 bits per heavy atom. The molecule has 80 valence electrons.